The van der Waals surface area contributed by atoms with Crippen molar-refractivity contribution in [2.24, 2.45) is 0 Å². The van der Waals surface area contributed by atoms with Gasteiger partial charge >= 0.3 is 0 Å². The van der Waals surface area contributed by atoms with Crippen molar-refractivity contribution >= 4 is 21.4 Å². The van der Waals surface area contributed by atoms with E-state index in [1.807, 2.05) is 38.1 Å². The Morgan fingerprint density at radius 1 is 1.04 bits per heavy atom. The van der Waals surface area contributed by atoms with Gasteiger partial charge < -0.3 is 9.64 Å². The molecule has 152 valence electrons. The molecule has 0 amide bonds. The quantitative estimate of drug-likeness (QED) is 0.745. The summed E-state index contributed by atoms with van der Waals surface area (Å²) in [5.41, 5.74) is 3.26. The van der Waals surface area contributed by atoms with Crippen molar-refractivity contribution in [1.29, 1.82) is 0 Å². The van der Waals surface area contributed by atoms with Crippen LogP contribution < -0.4 is 14.4 Å². The van der Waals surface area contributed by atoms with E-state index in [4.69, 9.17) is 4.74 Å². The van der Waals surface area contributed by atoms with Gasteiger partial charge in [0.2, 0.25) is 0 Å². The zero-order valence-corrected chi connectivity index (χ0v) is 18.0. The number of hydrogen-bond acceptors (Lipinski definition) is 4. The van der Waals surface area contributed by atoms with Crippen LogP contribution in [-0.2, 0) is 10.0 Å². The highest BCUT2D eigenvalue weighted by Gasteiger charge is 2.21. The van der Waals surface area contributed by atoms with Gasteiger partial charge in [-0.15, -0.1) is 0 Å². The average molecular weight is 403 g/mol. The molecule has 1 heterocycles. The monoisotopic (exact) mass is 402 g/mol. The first kappa shape index (κ1) is 20.5. The highest BCUT2D eigenvalue weighted by molar-refractivity contribution is 7.92. The molecule has 0 spiro atoms. The summed E-state index contributed by atoms with van der Waals surface area (Å²) in [6.45, 7) is 7.97. The van der Waals surface area contributed by atoms with Gasteiger partial charge in [-0.05, 0) is 79.6 Å². The van der Waals surface area contributed by atoms with Crippen molar-refractivity contribution < 1.29 is 13.2 Å². The highest BCUT2D eigenvalue weighted by atomic mass is 32.2. The number of ether oxygens (including phenoxy) is 1. The Labute approximate surface area is 168 Å². The summed E-state index contributed by atoms with van der Waals surface area (Å²) in [6, 6.07) is 11.2. The van der Waals surface area contributed by atoms with Crippen LogP contribution in [0.15, 0.2) is 41.3 Å². The molecule has 1 aliphatic heterocycles. The van der Waals surface area contributed by atoms with Crippen LogP contribution in [0.25, 0.3) is 0 Å². The summed E-state index contributed by atoms with van der Waals surface area (Å²) in [6.07, 6.45) is 3.71. The largest absolute Gasteiger partial charge is 0.496 e. The lowest BCUT2D eigenvalue weighted by molar-refractivity contribution is 0.406. The van der Waals surface area contributed by atoms with Gasteiger partial charge in [0.05, 0.1) is 12.0 Å². The minimum Gasteiger partial charge on any atom is -0.496 e. The highest BCUT2D eigenvalue weighted by Crippen LogP contribution is 2.32. The number of nitrogens with zero attached hydrogens (tertiary/aromatic N) is 1. The normalized spacial score (nSPS) is 15.0. The van der Waals surface area contributed by atoms with E-state index < -0.39 is 10.0 Å². The number of nitrogens with one attached hydrogen (secondary N) is 1. The lowest BCUT2D eigenvalue weighted by atomic mass is 10.0. The number of aryl methyl sites for hydroxylation is 1. The zero-order chi connectivity index (χ0) is 20.3. The number of sulfonamides is 1. The summed E-state index contributed by atoms with van der Waals surface area (Å²) in [5.74, 6) is 0.880. The van der Waals surface area contributed by atoms with Crippen LogP contribution in [0.4, 0.5) is 11.4 Å². The van der Waals surface area contributed by atoms with E-state index in [-0.39, 0.29) is 10.8 Å². The smallest absolute Gasteiger partial charge is 0.262 e. The zero-order valence-electron chi connectivity index (χ0n) is 17.2. The molecule has 0 aromatic heterocycles. The van der Waals surface area contributed by atoms with E-state index in [2.05, 4.69) is 9.62 Å². The van der Waals surface area contributed by atoms with E-state index in [0.717, 1.165) is 30.1 Å². The molecule has 0 bridgehead atoms. The number of anilines is 2. The Balaban J connectivity index is 1.84. The maximum absolute atomic E-state index is 13.0. The first-order valence-corrected chi connectivity index (χ1v) is 11.4. The summed E-state index contributed by atoms with van der Waals surface area (Å²) in [4.78, 5) is 2.64. The second kappa shape index (κ2) is 8.43. The van der Waals surface area contributed by atoms with Crippen molar-refractivity contribution in [2.45, 2.75) is 50.8 Å². The Hall–Kier alpha value is -2.21. The van der Waals surface area contributed by atoms with Gasteiger partial charge in [0.15, 0.2) is 0 Å². The summed E-state index contributed by atoms with van der Waals surface area (Å²) in [5, 5.41) is 0. The fraction of sp³-hybridized carbons (Fsp3) is 0.455. The van der Waals surface area contributed by atoms with Gasteiger partial charge in [-0.2, -0.15) is 0 Å². The second-order valence-electron chi connectivity index (χ2n) is 7.71. The van der Waals surface area contributed by atoms with Crippen molar-refractivity contribution in [3.63, 3.8) is 0 Å². The lowest BCUT2D eigenvalue weighted by Gasteiger charge is -2.28. The van der Waals surface area contributed by atoms with Crippen molar-refractivity contribution in [2.75, 3.05) is 29.8 Å². The summed E-state index contributed by atoms with van der Waals surface area (Å²) >= 11 is 0. The molecule has 3 rings (SSSR count). The van der Waals surface area contributed by atoms with Gasteiger partial charge in [-0.25, -0.2) is 8.42 Å². The molecule has 5 nitrogen and oxygen atoms in total. The molecule has 0 radical (unpaired) electrons. The van der Waals surface area contributed by atoms with E-state index >= 15 is 0 Å². The van der Waals surface area contributed by atoms with Crippen LogP contribution in [0, 0.1) is 6.92 Å². The molecule has 1 fully saturated rings. The second-order valence-corrected chi connectivity index (χ2v) is 9.37. The fourth-order valence-electron chi connectivity index (χ4n) is 3.70. The van der Waals surface area contributed by atoms with Crippen LogP contribution in [-0.4, -0.2) is 28.6 Å². The SMILES string of the molecule is COc1cc(C)c(S(=O)(=O)Nc2ccc(N3CCCCC3)cc2)cc1C(C)C. The maximum atomic E-state index is 13.0. The molecular weight excluding hydrogens is 372 g/mol. The molecule has 1 N–H and O–H groups in total. The number of hydrogen-bond donors (Lipinski definition) is 1. The molecule has 28 heavy (non-hydrogen) atoms. The molecular formula is C22H30N2O3S. The molecule has 2 aromatic carbocycles. The van der Waals surface area contributed by atoms with Gasteiger partial charge in [-0.1, -0.05) is 13.8 Å². The molecule has 1 saturated heterocycles. The van der Waals surface area contributed by atoms with Crippen LogP contribution in [0.2, 0.25) is 0 Å². The third-order valence-corrected chi connectivity index (χ3v) is 6.80. The average Bonchev–Trinajstić information content (AvgIpc) is 2.68. The minimum atomic E-state index is -3.68. The van der Waals surface area contributed by atoms with Crippen molar-refractivity contribution in [1.82, 2.24) is 0 Å². The minimum absolute atomic E-state index is 0.160. The van der Waals surface area contributed by atoms with Crippen molar-refractivity contribution in [3.05, 3.63) is 47.5 Å². The number of rotatable bonds is 6. The van der Waals surface area contributed by atoms with E-state index in [9.17, 15) is 8.42 Å². The number of piperidine rings is 1. The fourth-order valence-corrected chi connectivity index (χ4v) is 5.02. The van der Waals surface area contributed by atoms with Gasteiger partial charge in [0.25, 0.3) is 10.0 Å². The Morgan fingerprint density at radius 3 is 2.25 bits per heavy atom. The molecule has 2 aromatic rings. The Kier molecular flexibility index (Phi) is 6.18. The summed E-state index contributed by atoms with van der Waals surface area (Å²) in [7, 11) is -2.07. The first-order chi connectivity index (χ1) is 13.3. The predicted molar refractivity (Wildman–Crippen MR) is 115 cm³/mol. The summed E-state index contributed by atoms with van der Waals surface area (Å²) < 4.78 is 34.2. The van der Waals surface area contributed by atoms with E-state index in [0.29, 0.717) is 11.3 Å². The van der Waals surface area contributed by atoms with Crippen LogP contribution in [0.1, 0.15) is 50.2 Å². The molecule has 6 heteroatoms. The lowest BCUT2D eigenvalue weighted by Crippen LogP contribution is -2.29. The number of methoxy groups -OCH3 is 1. The predicted octanol–water partition coefficient (Wildman–Crippen LogP) is 4.92. The van der Waals surface area contributed by atoms with Gasteiger partial charge in [-0.3, -0.25) is 4.72 Å². The van der Waals surface area contributed by atoms with Gasteiger partial charge in [0.1, 0.15) is 5.75 Å². The molecule has 0 saturated carbocycles. The van der Waals surface area contributed by atoms with Crippen LogP contribution in [0.3, 0.4) is 0 Å². The first-order valence-electron chi connectivity index (χ1n) is 9.88. The Morgan fingerprint density at radius 2 is 1.68 bits per heavy atom. The van der Waals surface area contributed by atoms with E-state index in [1.54, 1.807) is 26.2 Å². The Bertz CT molecular complexity index is 916. The molecule has 0 unspecified atom stereocenters. The van der Waals surface area contributed by atoms with Crippen LogP contribution in [0.5, 0.6) is 5.75 Å². The molecule has 0 aliphatic carbocycles. The number of benzene rings is 2. The van der Waals surface area contributed by atoms with E-state index in [1.165, 1.54) is 19.3 Å². The van der Waals surface area contributed by atoms with Crippen LogP contribution >= 0.6 is 0 Å². The third-order valence-electron chi connectivity index (χ3n) is 5.28. The third kappa shape index (κ3) is 4.43. The van der Waals surface area contributed by atoms with Gasteiger partial charge in [0, 0.05) is 24.5 Å². The topological polar surface area (TPSA) is 58.6 Å². The van der Waals surface area contributed by atoms with Crippen molar-refractivity contribution in [3.8, 4) is 5.75 Å². The molecule has 1 aliphatic rings. The standard InChI is InChI=1S/C22H30N2O3S/c1-16(2)20-15-22(17(3)14-21(20)27-4)28(25,26)23-18-8-10-19(11-9-18)24-12-6-5-7-13-24/h8-11,14-16,23H,5-7,12-13H2,1-4H3. The maximum Gasteiger partial charge on any atom is 0.262 e. The molecule has 0 atom stereocenters.